The molecule has 1 rings (SSSR count). The number of aliphatic imine (C=N–C) groups is 1. The maximum Gasteiger partial charge on any atom is 0.191 e. The van der Waals surface area contributed by atoms with Gasteiger partial charge in [0.25, 0.3) is 0 Å². The molecule has 0 spiro atoms. The normalized spacial score (nSPS) is 12.7. The number of nitrogens with zero attached hydrogens (tertiary/aromatic N) is 4. The number of nitrogens with one attached hydrogen (secondary N) is 2. The van der Waals surface area contributed by atoms with E-state index in [0.29, 0.717) is 12.6 Å². The third kappa shape index (κ3) is 8.23. The van der Waals surface area contributed by atoms with Gasteiger partial charge in [0.1, 0.15) is 18.7 Å². The van der Waals surface area contributed by atoms with E-state index in [4.69, 9.17) is 0 Å². The van der Waals surface area contributed by atoms with Gasteiger partial charge >= 0.3 is 0 Å². The number of rotatable bonds is 8. The van der Waals surface area contributed by atoms with Gasteiger partial charge in [0, 0.05) is 19.6 Å². The van der Waals surface area contributed by atoms with Crippen LogP contribution in [0.2, 0.25) is 0 Å². The lowest BCUT2D eigenvalue weighted by molar-refractivity contribution is 0.546. The molecule has 0 amide bonds. The van der Waals surface area contributed by atoms with Crippen LogP contribution in [-0.4, -0.2) is 33.3 Å². The van der Waals surface area contributed by atoms with Gasteiger partial charge in [-0.1, -0.05) is 26.2 Å². The largest absolute Gasteiger partial charge is 0.357 e. The van der Waals surface area contributed by atoms with Crippen molar-refractivity contribution in [1.82, 2.24) is 25.4 Å². The van der Waals surface area contributed by atoms with Crippen LogP contribution in [-0.2, 0) is 13.6 Å². The van der Waals surface area contributed by atoms with E-state index in [-0.39, 0.29) is 24.0 Å². The maximum atomic E-state index is 4.56. The van der Waals surface area contributed by atoms with Crippen molar-refractivity contribution in [1.29, 1.82) is 0 Å². The first kappa shape index (κ1) is 20.1. The maximum absolute atomic E-state index is 4.56. The van der Waals surface area contributed by atoms with Gasteiger partial charge in [0.2, 0.25) is 0 Å². The Morgan fingerprint density at radius 1 is 1.38 bits per heavy atom. The summed E-state index contributed by atoms with van der Waals surface area (Å²) in [5, 5.41) is 10.8. The fourth-order valence-electron chi connectivity index (χ4n) is 1.94. The molecule has 0 aliphatic rings. The lowest BCUT2D eigenvalue weighted by Gasteiger charge is -2.17. The molecule has 0 radical (unpaired) electrons. The number of hydrogen-bond acceptors (Lipinski definition) is 3. The van der Waals surface area contributed by atoms with Crippen molar-refractivity contribution in [3.05, 3.63) is 12.2 Å². The molecule has 1 atom stereocenters. The molecule has 1 aromatic heterocycles. The van der Waals surface area contributed by atoms with Crippen molar-refractivity contribution >= 4 is 29.9 Å². The van der Waals surface area contributed by atoms with Crippen LogP contribution >= 0.6 is 24.0 Å². The molecule has 2 N–H and O–H groups in total. The lowest BCUT2D eigenvalue weighted by atomic mass is 10.1. The van der Waals surface area contributed by atoms with E-state index in [1.807, 2.05) is 7.05 Å². The van der Waals surface area contributed by atoms with E-state index < -0.39 is 0 Å². The summed E-state index contributed by atoms with van der Waals surface area (Å²) in [6.07, 6.45) is 6.53. The molecule has 0 bridgehead atoms. The highest BCUT2D eigenvalue weighted by molar-refractivity contribution is 14.0. The van der Waals surface area contributed by atoms with E-state index in [0.717, 1.165) is 18.3 Å². The van der Waals surface area contributed by atoms with Crippen LogP contribution in [0.4, 0.5) is 0 Å². The zero-order chi connectivity index (χ0) is 14.8. The second kappa shape index (κ2) is 11.8. The Hall–Kier alpha value is -0.860. The number of aryl methyl sites for hydroxylation is 1. The molecule has 0 aliphatic carbocycles. The molecule has 122 valence electrons. The third-order valence-corrected chi connectivity index (χ3v) is 3.15. The molecule has 0 saturated heterocycles. The van der Waals surface area contributed by atoms with Gasteiger partial charge < -0.3 is 10.6 Å². The van der Waals surface area contributed by atoms with Crippen molar-refractivity contribution in [3.63, 3.8) is 0 Å². The van der Waals surface area contributed by atoms with Crippen LogP contribution in [0.15, 0.2) is 11.3 Å². The average molecular weight is 408 g/mol. The number of aromatic nitrogens is 3. The Bertz CT molecular complexity index is 404. The van der Waals surface area contributed by atoms with Crippen LogP contribution < -0.4 is 10.6 Å². The molecule has 1 aromatic rings. The van der Waals surface area contributed by atoms with Crippen molar-refractivity contribution in [2.75, 3.05) is 6.54 Å². The number of halogens is 1. The standard InChI is InChI=1S/C14H28N6.HI/c1-5-7-8-9-12(3)19-14(15-6-2)16-10-13-17-11-18-20(13)4;/h11-12H,5-10H2,1-4H3,(H2,15,16,19);1H. The summed E-state index contributed by atoms with van der Waals surface area (Å²) in [5.74, 6) is 1.71. The van der Waals surface area contributed by atoms with Crippen molar-refractivity contribution in [3.8, 4) is 0 Å². The first-order valence-electron chi connectivity index (χ1n) is 7.55. The molecule has 0 aliphatic heterocycles. The van der Waals surface area contributed by atoms with E-state index in [1.165, 1.54) is 25.7 Å². The summed E-state index contributed by atoms with van der Waals surface area (Å²) in [4.78, 5) is 8.73. The van der Waals surface area contributed by atoms with Crippen molar-refractivity contribution in [2.45, 2.75) is 59.0 Å². The molecular weight excluding hydrogens is 379 g/mol. The summed E-state index contributed by atoms with van der Waals surface area (Å²) < 4.78 is 1.75. The van der Waals surface area contributed by atoms with Gasteiger partial charge in [-0.3, -0.25) is 4.68 Å². The van der Waals surface area contributed by atoms with E-state index >= 15 is 0 Å². The Morgan fingerprint density at radius 3 is 2.71 bits per heavy atom. The first-order chi connectivity index (χ1) is 9.67. The van der Waals surface area contributed by atoms with Gasteiger partial charge in [-0.25, -0.2) is 9.98 Å². The Kier molecular flexibility index (Phi) is 11.3. The second-order valence-corrected chi connectivity index (χ2v) is 5.04. The zero-order valence-electron chi connectivity index (χ0n) is 13.6. The zero-order valence-corrected chi connectivity index (χ0v) is 15.9. The fraction of sp³-hybridized carbons (Fsp3) is 0.786. The fourth-order valence-corrected chi connectivity index (χ4v) is 1.94. The van der Waals surface area contributed by atoms with Crippen molar-refractivity contribution in [2.24, 2.45) is 12.0 Å². The molecule has 0 saturated carbocycles. The highest BCUT2D eigenvalue weighted by Gasteiger charge is 2.05. The van der Waals surface area contributed by atoms with Crippen LogP contribution in [0.25, 0.3) is 0 Å². The summed E-state index contributed by atoms with van der Waals surface area (Å²) in [5.41, 5.74) is 0. The summed E-state index contributed by atoms with van der Waals surface area (Å²) in [6, 6.07) is 0.429. The summed E-state index contributed by atoms with van der Waals surface area (Å²) in [6.45, 7) is 7.89. The topological polar surface area (TPSA) is 67.1 Å². The highest BCUT2D eigenvalue weighted by Crippen LogP contribution is 2.02. The average Bonchev–Trinajstić information content (AvgIpc) is 2.82. The van der Waals surface area contributed by atoms with E-state index in [2.05, 4.69) is 46.5 Å². The van der Waals surface area contributed by atoms with Crippen LogP contribution in [0.3, 0.4) is 0 Å². The lowest BCUT2D eigenvalue weighted by Crippen LogP contribution is -2.42. The molecule has 0 aromatic carbocycles. The molecular formula is C14H29IN6. The highest BCUT2D eigenvalue weighted by atomic mass is 127. The van der Waals surface area contributed by atoms with Crippen LogP contribution in [0, 0.1) is 0 Å². The smallest absolute Gasteiger partial charge is 0.191 e. The molecule has 1 unspecified atom stereocenters. The Balaban J connectivity index is 0.00000400. The van der Waals surface area contributed by atoms with Gasteiger partial charge in [-0.05, 0) is 20.3 Å². The van der Waals surface area contributed by atoms with Crippen molar-refractivity contribution < 1.29 is 0 Å². The van der Waals surface area contributed by atoms with Crippen LogP contribution in [0.5, 0.6) is 0 Å². The predicted molar refractivity (Wildman–Crippen MR) is 98.0 cm³/mol. The molecule has 0 fully saturated rings. The number of guanidine groups is 1. The van der Waals surface area contributed by atoms with Gasteiger partial charge in [-0.2, -0.15) is 5.10 Å². The molecule has 21 heavy (non-hydrogen) atoms. The quantitative estimate of drug-likeness (QED) is 0.300. The minimum atomic E-state index is 0. The first-order valence-corrected chi connectivity index (χ1v) is 7.55. The summed E-state index contributed by atoms with van der Waals surface area (Å²) in [7, 11) is 1.88. The van der Waals surface area contributed by atoms with E-state index in [9.17, 15) is 0 Å². The minimum absolute atomic E-state index is 0. The Morgan fingerprint density at radius 2 is 2.14 bits per heavy atom. The van der Waals surface area contributed by atoms with Crippen LogP contribution in [0.1, 0.15) is 52.3 Å². The molecule has 1 heterocycles. The Labute approximate surface area is 145 Å². The second-order valence-electron chi connectivity index (χ2n) is 5.04. The summed E-state index contributed by atoms with van der Waals surface area (Å²) >= 11 is 0. The van der Waals surface area contributed by atoms with Gasteiger partial charge in [0.15, 0.2) is 5.96 Å². The number of hydrogen-bond donors (Lipinski definition) is 2. The third-order valence-electron chi connectivity index (χ3n) is 3.15. The number of unbranched alkanes of at least 4 members (excludes halogenated alkanes) is 2. The monoisotopic (exact) mass is 408 g/mol. The molecule has 6 nitrogen and oxygen atoms in total. The van der Waals surface area contributed by atoms with Gasteiger partial charge in [-0.15, -0.1) is 24.0 Å². The van der Waals surface area contributed by atoms with E-state index in [1.54, 1.807) is 11.0 Å². The predicted octanol–water partition coefficient (Wildman–Crippen LogP) is 2.46. The van der Waals surface area contributed by atoms with Gasteiger partial charge in [0.05, 0.1) is 0 Å². The minimum Gasteiger partial charge on any atom is -0.357 e. The SMILES string of the molecule is CCCCCC(C)NC(=NCc1ncnn1C)NCC.I. The molecule has 7 heteroatoms.